The molecule has 0 fully saturated rings. The van der Waals surface area contributed by atoms with E-state index in [0.717, 1.165) is 22.4 Å². The number of aromatic carboxylic acids is 1. The molecule has 0 atom stereocenters. The SMILES string of the molecule is Cc1nc2c(-c3cc(C(=O)O)[nH]n3)cccc2n1C. The summed E-state index contributed by atoms with van der Waals surface area (Å²) in [5.74, 6) is -0.125. The van der Waals surface area contributed by atoms with Crippen LogP contribution >= 0.6 is 0 Å². The number of hydrogen-bond donors (Lipinski definition) is 2. The minimum atomic E-state index is -1.02. The normalized spacial score (nSPS) is 11.1. The molecule has 0 radical (unpaired) electrons. The zero-order valence-electron chi connectivity index (χ0n) is 10.5. The standard InChI is InChI=1S/C13H12N4O2/c1-7-14-12-8(4-3-5-11(12)17(7)2)9-6-10(13(18)19)16-15-9/h3-6H,1-2H3,(H,15,16)(H,18,19). The molecule has 0 aliphatic heterocycles. The molecule has 19 heavy (non-hydrogen) atoms. The van der Waals surface area contributed by atoms with E-state index in [1.54, 1.807) is 0 Å². The Kier molecular flexibility index (Phi) is 2.38. The Morgan fingerprint density at radius 3 is 2.89 bits per heavy atom. The summed E-state index contributed by atoms with van der Waals surface area (Å²) in [6.45, 7) is 1.93. The van der Waals surface area contributed by atoms with E-state index < -0.39 is 5.97 Å². The zero-order chi connectivity index (χ0) is 13.6. The van der Waals surface area contributed by atoms with Gasteiger partial charge >= 0.3 is 5.97 Å². The number of aromatic amines is 1. The van der Waals surface area contributed by atoms with Gasteiger partial charge in [0.05, 0.1) is 16.7 Å². The second-order valence-corrected chi connectivity index (χ2v) is 4.36. The molecule has 6 heteroatoms. The Balaban J connectivity index is 2.24. The number of carboxylic acids is 1. The van der Waals surface area contributed by atoms with Crippen molar-refractivity contribution in [1.29, 1.82) is 0 Å². The highest BCUT2D eigenvalue weighted by Gasteiger charge is 2.14. The molecule has 0 aliphatic carbocycles. The van der Waals surface area contributed by atoms with Gasteiger partial charge in [-0.3, -0.25) is 5.10 Å². The summed E-state index contributed by atoms with van der Waals surface area (Å²) in [5.41, 5.74) is 3.30. The van der Waals surface area contributed by atoms with Crippen LogP contribution in [0.1, 0.15) is 16.3 Å². The van der Waals surface area contributed by atoms with Crippen LogP contribution in [-0.2, 0) is 7.05 Å². The van der Waals surface area contributed by atoms with Gasteiger partial charge in [0, 0.05) is 12.6 Å². The minimum absolute atomic E-state index is 0.0691. The van der Waals surface area contributed by atoms with E-state index in [4.69, 9.17) is 5.11 Å². The third-order valence-electron chi connectivity index (χ3n) is 3.22. The number of aromatic nitrogens is 4. The molecule has 96 valence electrons. The third-order valence-corrected chi connectivity index (χ3v) is 3.22. The van der Waals surface area contributed by atoms with Crippen LogP contribution in [0.25, 0.3) is 22.3 Å². The minimum Gasteiger partial charge on any atom is -0.477 e. The third kappa shape index (κ3) is 1.69. The number of carbonyl (C=O) groups is 1. The lowest BCUT2D eigenvalue weighted by Gasteiger charge is -1.99. The first kappa shape index (κ1) is 11.5. The van der Waals surface area contributed by atoms with Crippen molar-refractivity contribution < 1.29 is 9.90 Å². The Bertz CT molecular complexity index is 785. The summed E-state index contributed by atoms with van der Waals surface area (Å²) in [5, 5.41) is 15.5. The van der Waals surface area contributed by atoms with Crippen LogP contribution in [0.5, 0.6) is 0 Å². The van der Waals surface area contributed by atoms with E-state index in [1.807, 2.05) is 36.7 Å². The molecule has 0 spiro atoms. The summed E-state index contributed by atoms with van der Waals surface area (Å²) in [6.07, 6.45) is 0. The molecule has 0 unspecified atom stereocenters. The average Bonchev–Trinajstić information content (AvgIpc) is 2.96. The van der Waals surface area contributed by atoms with Crippen LogP contribution in [0.15, 0.2) is 24.3 Å². The van der Waals surface area contributed by atoms with Crippen molar-refractivity contribution in [3.63, 3.8) is 0 Å². The number of nitrogens with one attached hydrogen (secondary N) is 1. The van der Waals surface area contributed by atoms with E-state index in [2.05, 4.69) is 15.2 Å². The number of imidazole rings is 1. The van der Waals surface area contributed by atoms with Crippen LogP contribution in [0.4, 0.5) is 0 Å². The van der Waals surface area contributed by atoms with E-state index >= 15 is 0 Å². The van der Waals surface area contributed by atoms with Crippen molar-refractivity contribution >= 4 is 17.0 Å². The molecule has 2 aromatic heterocycles. The maximum atomic E-state index is 10.9. The predicted octanol–water partition coefficient (Wildman–Crippen LogP) is 1.97. The van der Waals surface area contributed by atoms with Gasteiger partial charge in [0.15, 0.2) is 0 Å². The van der Waals surface area contributed by atoms with E-state index in [0.29, 0.717) is 5.69 Å². The largest absolute Gasteiger partial charge is 0.477 e. The van der Waals surface area contributed by atoms with Crippen molar-refractivity contribution in [3.8, 4) is 11.3 Å². The molecule has 0 amide bonds. The maximum absolute atomic E-state index is 10.9. The molecule has 6 nitrogen and oxygen atoms in total. The molecule has 0 aliphatic rings. The lowest BCUT2D eigenvalue weighted by molar-refractivity contribution is 0.0690. The van der Waals surface area contributed by atoms with Crippen molar-refractivity contribution in [2.45, 2.75) is 6.92 Å². The Morgan fingerprint density at radius 2 is 2.21 bits per heavy atom. The number of hydrogen-bond acceptors (Lipinski definition) is 3. The van der Waals surface area contributed by atoms with Crippen molar-refractivity contribution in [1.82, 2.24) is 19.7 Å². The average molecular weight is 256 g/mol. The van der Waals surface area contributed by atoms with Gasteiger partial charge in [-0.2, -0.15) is 5.10 Å². The molecule has 2 heterocycles. The first-order chi connectivity index (χ1) is 9.08. The second kappa shape index (κ2) is 3.94. The fraction of sp³-hybridized carbons (Fsp3) is 0.154. The quantitative estimate of drug-likeness (QED) is 0.734. The first-order valence-electron chi connectivity index (χ1n) is 5.79. The predicted molar refractivity (Wildman–Crippen MR) is 70.0 cm³/mol. The molecule has 3 rings (SSSR count). The monoisotopic (exact) mass is 256 g/mol. The zero-order valence-corrected chi connectivity index (χ0v) is 10.5. The Labute approximate surface area is 108 Å². The van der Waals surface area contributed by atoms with E-state index in [-0.39, 0.29) is 5.69 Å². The van der Waals surface area contributed by atoms with E-state index in [9.17, 15) is 4.79 Å². The van der Waals surface area contributed by atoms with Crippen LogP contribution in [0.3, 0.4) is 0 Å². The van der Waals surface area contributed by atoms with Crippen molar-refractivity contribution in [2.75, 3.05) is 0 Å². The summed E-state index contributed by atoms with van der Waals surface area (Å²) in [7, 11) is 1.95. The highest BCUT2D eigenvalue weighted by Crippen LogP contribution is 2.27. The number of nitrogens with zero attached hydrogens (tertiary/aromatic N) is 3. The van der Waals surface area contributed by atoms with Gasteiger partial charge < -0.3 is 9.67 Å². The van der Waals surface area contributed by atoms with Crippen molar-refractivity contribution in [2.24, 2.45) is 7.05 Å². The van der Waals surface area contributed by atoms with Gasteiger partial charge in [-0.05, 0) is 19.1 Å². The van der Waals surface area contributed by atoms with Gasteiger partial charge in [-0.1, -0.05) is 12.1 Å². The highest BCUT2D eigenvalue weighted by molar-refractivity contribution is 5.93. The number of H-pyrrole nitrogens is 1. The number of benzene rings is 1. The lowest BCUT2D eigenvalue weighted by atomic mass is 10.1. The topological polar surface area (TPSA) is 83.8 Å². The van der Waals surface area contributed by atoms with Gasteiger partial charge in [-0.15, -0.1) is 0 Å². The highest BCUT2D eigenvalue weighted by atomic mass is 16.4. The number of carboxylic acid groups (broad SMARTS) is 1. The van der Waals surface area contributed by atoms with Crippen LogP contribution in [0, 0.1) is 6.92 Å². The van der Waals surface area contributed by atoms with Crippen molar-refractivity contribution in [3.05, 3.63) is 35.8 Å². The molecule has 2 N–H and O–H groups in total. The van der Waals surface area contributed by atoms with Gasteiger partial charge in [0.25, 0.3) is 0 Å². The molecular weight excluding hydrogens is 244 g/mol. The number of rotatable bonds is 2. The van der Waals surface area contributed by atoms with Gasteiger partial charge in [-0.25, -0.2) is 9.78 Å². The molecule has 0 saturated carbocycles. The van der Waals surface area contributed by atoms with Crippen LogP contribution in [0.2, 0.25) is 0 Å². The fourth-order valence-corrected chi connectivity index (χ4v) is 2.11. The number of para-hydroxylation sites is 1. The second-order valence-electron chi connectivity index (χ2n) is 4.36. The fourth-order valence-electron chi connectivity index (χ4n) is 2.11. The van der Waals surface area contributed by atoms with Gasteiger partial charge in [0.2, 0.25) is 0 Å². The first-order valence-corrected chi connectivity index (χ1v) is 5.79. The summed E-state index contributed by atoms with van der Waals surface area (Å²) in [4.78, 5) is 15.4. The maximum Gasteiger partial charge on any atom is 0.353 e. The Hall–Kier alpha value is -2.63. The smallest absolute Gasteiger partial charge is 0.353 e. The van der Waals surface area contributed by atoms with Crippen LogP contribution in [-0.4, -0.2) is 30.8 Å². The van der Waals surface area contributed by atoms with Crippen LogP contribution < -0.4 is 0 Å². The lowest BCUT2D eigenvalue weighted by Crippen LogP contribution is -1.95. The summed E-state index contributed by atoms with van der Waals surface area (Å²) < 4.78 is 1.99. The molecule has 1 aromatic carbocycles. The molecular formula is C13H12N4O2. The summed E-state index contributed by atoms with van der Waals surface area (Å²) >= 11 is 0. The number of aryl methyl sites for hydroxylation is 2. The molecule has 0 bridgehead atoms. The Morgan fingerprint density at radius 1 is 1.42 bits per heavy atom. The van der Waals surface area contributed by atoms with Gasteiger partial charge in [0.1, 0.15) is 11.5 Å². The van der Waals surface area contributed by atoms with E-state index in [1.165, 1.54) is 6.07 Å². The molecule has 3 aromatic rings. The summed E-state index contributed by atoms with van der Waals surface area (Å²) in [6, 6.07) is 7.29. The molecule has 0 saturated heterocycles. The number of fused-ring (bicyclic) bond motifs is 1.